The van der Waals surface area contributed by atoms with E-state index in [9.17, 15) is 4.79 Å². The first-order valence-corrected chi connectivity index (χ1v) is 6.42. The Morgan fingerprint density at radius 3 is 2.53 bits per heavy atom. The predicted molar refractivity (Wildman–Crippen MR) is 72.9 cm³/mol. The molecule has 0 aliphatic carbocycles. The molecular weight excluding hydrogens is 240 g/mol. The number of nitrogens with zero attached hydrogens (tertiary/aromatic N) is 1. The highest BCUT2D eigenvalue weighted by Gasteiger charge is 2.20. The van der Waals surface area contributed by atoms with E-state index in [1.807, 2.05) is 37.3 Å². The molecule has 4 nitrogen and oxygen atoms in total. The van der Waals surface area contributed by atoms with E-state index in [-0.39, 0.29) is 11.9 Å². The number of aromatic nitrogens is 1. The quantitative estimate of drug-likeness (QED) is 0.916. The Morgan fingerprint density at radius 1 is 1.32 bits per heavy atom. The number of hydrogen-bond donors (Lipinski definition) is 1. The molecule has 1 heterocycles. The first-order valence-electron chi connectivity index (χ1n) is 6.42. The molecule has 1 aromatic carbocycles. The normalized spacial score (nSPS) is 12.2. The Labute approximate surface area is 112 Å². The van der Waals surface area contributed by atoms with Crippen LogP contribution in [0.15, 0.2) is 34.9 Å². The van der Waals surface area contributed by atoms with Gasteiger partial charge in [-0.3, -0.25) is 4.79 Å². The minimum atomic E-state index is -0.132. The second-order valence-electron chi connectivity index (χ2n) is 4.54. The van der Waals surface area contributed by atoms with Crippen molar-refractivity contribution < 1.29 is 9.32 Å². The monoisotopic (exact) mass is 258 g/mol. The van der Waals surface area contributed by atoms with Crippen molar-refractivity contribution >= 4 is 5.91 Å². The van der Waals surface area contributed by atoms with Gasteiger partial charge in [-0.25, -0.2) is 0 Å². The van der Waals surface area contributed by atoms with Gasteiger partial charge in [0.1, 0.15) is 11.3 Å². The van der Waals surface area contributed by atoms with Crippen LogP contribution in [0.1, 0.15) is 46.8 Å². The number of amides is 1. The molecule has 1 aromatic heterocycles. The molecule has 1 atom stereocenters. The summed E-state index contributed by atoms with van der Waals surface area (Å²) in [5, 5.41) is 6.84. The molecule has 0 aliphatic heterocycles. The van der Waals surface area contributed by atoms with Gasteiger partial charge >= 0.3 is 0 Å². The number of carbonyl (C=O) groups is 1. The highest BCUT2D eigenvalue weighted by Crippen LogP contribution is 2.18. The number of aryl methyl sites for hydroxylation is 2. The van der Waals surface area contributed by atoms with Crippen LogP contribution in [0.2, 0.25) is 0 Å². The van der Waals surface area contributed by atoms with Crippen LogP contribution in [0.25, 0.3) is 0 Å². The Bertz CT molecular complexity index is 541. The number of nitrogens with one attached hydrogen (secondary N) is 1. The lowest BCUT2D eigenvalue weighted by Gasteiger charge is -2.17. The lowest BCUT2D eigenvalue weighted by atomic mass is 10.0. The zero-order valence-corrected chi connectivity index (χ0v) is 11.4. The van der Waals surface area contributed by atoms with E-state index in [1.54, 1.807) is 13.8 Å². The molecule has 2 aromatic rings. The summed E-state index contributed by atoms with van der Waals surface area (Å²) in [5.74, 6) is 0.421. The van der Waals surface area contributed by atoms with Crippen molar-refractivity contribution in [2.75, 3.05) is 0 Å². The van der Waals surface area contributed by atoms with Gasteiger partial charge in [0, 0.05) is 0 Å². The summed E-state index contributed by atoms with van der Waals surface area (Å²) in [4.78, 5) is 12.3. The maximum absolute atomic E-state index is 12.3. The third kappa shape index (κ3) is 2.84. The van der Waals surface area contributed by atoms with Crippen molar-refractivity contribution in [1.82, 2.24) is 10.5 Å². The molecule has 19 heavy (non-hydrogen) atoms. The van der Waals surface area contributed by atoms with Crippen LogP contribution in [-0.4, -0.2) is 11.1 Å². The van der Waals surface area contributed by atoms with E-state index in [1.165, 1.54) is 0 Å². The molecule has 0 bridgehead atoms. The summed E-state index contributed by atoms with van der Waals surface area (Å²) in [7, 11) is 0. The number of carbonyl (C=O) groups excluding carboxylic acids is 1. The fraction of sp³-hybridized carbons (Fsp3) is 0.333. The van der Waals surface area contributed by atoms with Crippen molar-refractivity contribution in [2.45, 2.75) is 33.2 Å². The highest BCUT2D eigenvalue weighted by molar-refractivity contribution is 5.96. The number of rotatable bonds is 4. The number of benzene rings is 1. The van der Waals surface area contributed by atoms with E-state index in [2.05, 4.69) is 10.5 Å². The van der Waals surface area contributed by atoms with Crippen molar-refractivity contribution in [3.05, 3.63) is 52.9 Å². The predicted octanol–water partition coefficient (Wildman–Crippen LogP) is 3.17. The van der Waals surface area contributed by atoms with Gasteiger partial charge < -0.3 is 9.84 Å². The topological polar surface area (TPSA) is 55.1 Å². The Balaban J connectivity index is 2.18. The molecule has 1 N–H and O–H groups in total. The fourth-order valence-electron chi connectivity index (χ4n) is 2.14. The second kappa shape index (κ2) is 5.69. The van der Waals surface area contributed by atoms with Crippen molar-refractivity contribution in [3.8, 4) is 0 Å². The summed E-state index contributed by atoms with van der Waals surface area (Å²) in [6.45, 7) is 5.57. The zero-order chi connectivity index (χ0) is 13.8. The van der Waals surface area contributed by atoms with Gasteiger partial charge in [0.25, 0.3) is 5.91 Å². The van der Waals surface area contributed by atoms with Crippen LogP contribution < -0.4 is 5.32 Å². The summed E-state index contributed by atoms with van der Waals surface area (Å²) in [6, 6.07) is 9.94. The van der Waals surface area contributed by atoms with E-state index in [0.717, 1.165) is 12.0 Å². The molecule has 0 fully saturated rings. The smallest absolute Gasteiger partial charge is 0.257 e. The third-order valence-electron chi connectivity index (χ3n) is 3.18. The van der Waals surface area contributed by atoms with Gasteiger partial charge in [-0.1, -0.05) is 42.4 Å². The maximum Gasteiger partial charge on any atom is 0.257 e. The van der Waals surface area contributed by atoms with Crippen LogP contribution in [0.4, 0.5) is 0 Å². The average Bonchev–Trinajstić information content (AvgIpc) is 2.76. The second-order valence-corrected chi connectivity index (χ2v) is 4.54. The van der Waals surface area contributed by atoms with Gasteiger partial charge in [-0.2, -0.15) is 0 Å². The summed E-state index contributed by atoms with van der Waals surface area (Å²) < 4.78 is 5.03. The first kappa shape index (κ1) is 13.3. The maximum atomic E-state index is 12.3. The number of hydrogen-bond acceptors (Lipinski definition) is 3. The van der Waals surface area contributed by atoms with Gasteiger partial charge in [0.15, 0.2) is 0 Å². The largest absolute Gasteiger partial charge is 0.361 e. The molecule has 2 rings (SSSR count). The van der Waals surface area contributed by atoms with Crippen LogP contribution >= 0.6 is 0 Å². The van der Waals surface area contributed by atoms with Gasteiger partial charge in [0.05, 0.1) is 11.7 Å². The molecule has 0 radical (unpaired) electrons. The molecule has 0 saturated heterocycles. The summed E-state index contributed by atoms with van der Waals surface area (Å²) >= 11 is 0. The molecule has 1 unspecified atom stereocenters. The van der Waals surface area contributed by atoms with E-state index >= 15 is 0 Å². The van der Waals surface area contributed by atoms with Crippen molar-refractivity contribution in [2.24, 2.45) is 0 Å². The Morgan fingerprint density at radius 2 is 2.00 bits per heavy atom. The van der Waals surface area contributed by atoms with Gasteiger partial charge in [-0.15, -0.1) is 0 Å². The molecule has 0 aliphatic rings. The van der Waals surface area contributed by atoms with Crippen molar-refractivity contribution in [3.63, 3.8) is 0 Å². The molecule has 4 heteroatoms. The highest BCUT2D eigenvalue weighted by atomic mass is 16.5. The molecule has 0 spiro atoms. The molecular formula is C15H18N2O2. The lowest BCUT2D eigenvalue weighted by molar-refractivity contribution is 0.0933. The fourth-order valence-corrected chi connectivity index (χ4v) is 2.14. The minimum Gasteiger partial charge on any atom is -0.361 e. The third-order valence-corrected chi connectivity index (χ3v) is 3.18. The lowest BCUT2D eigenvalue weighted by Crippen LogP contribution is -2.28. The molecule has 1 amide bonds. The molecule has 100 valence electrons. The van der Waals surface area contributed by atoms with Crippen LogP contribution in [0, 0.1) is 13.8 Å². The van der Waals surface area contributed by atoms with Gasteiger partial charge in [-0.05, 0) is 25.8 Å². The molecule has 0 saturated carbocycles. The summed E-state index contributed by atoms with van der Waals surface area (Å²) in [6.07, 6.45) is 0.832. The van der Waals surface area contributed by atoms with Crippen LogP contribution in [0.3, 0.4) is 0 Å². The minimum absolute atomic E-state index is 0.00222. The standard InChI is InChI=1S/C15H18N2O2/c1-4-13(12-8-6-5-7-9-12)16-15(18)14-10(2)17-19-11(14)3/h5-9,13H,4H2,1-3H3,(H,16,18). The first-order chi connectivity index (χ1) is 9.13. The Hall–Kier alpha value is -2.10. The van der Waals surface area contributed by atoms with Crippen molar-refractivity contribution in [1.29, 1.82) is 0 Å². The van der Waals surface area contributed by atoms with E-state index in [4.69, 9.17) is 4.52 Å². The average molecular weight is 258 g/mol. The van der Waals surface area contributed by atoms with Crippen LogP contribution in [0.5, 0.6) is 0 Å². The van der Waals surface area contributed by atoms with E-state index < -0.39 is 0 Å². The zero-order valence-electron chi connectivity index (χ0n) is 11.4. The summed E-state index contributed by atoms with van der Waals surface area (Å²) in [5.41, 5.74) is 2.26. The van der Waals surface area contributed by atoms with Gasteiger partial charge in [0.2, 0.25) is 0 Å². The van der Waals surface area contributed by atoms with Crippen LogP contribution in [-0.2, 0) is 0 Å². The SMILES string of the molecule is CCC(NC(=O)c1c(C)noc1C)c1ccccc1. The van der Waals surface area contributed by atoms with E-state index in [0.29, 0.717) is 17.0 Å². The Kier molecular flexibility index (Phi) is 4.00.